The van der Waals surface area contributed by atoms with Crippen LogP contribution in [-0.2, 0) is 6.42 Å². The lowest BCUT2D eigenvalue weighted by Crippen LogP contribution is -2.45. The van der Waals surface area contributed by atoms with E-state index in [9.17, 15) is 5.11 Å². The van der Waals surface area contributed by atoms with Gasteiger partial charge in [-0.15, -0.1) is 0 Å². The summed E-state index contributed by atoms with van der Waals surface area (Å²) in [4.78, 5) is 0. The van der Waals surface area contributed by atoms with Gasteiger partial charge >= 0.3 is 0 Å². The van der Waals surface area contributed by atoms with Crippen LogP contribution in [0.1, 0.15) is 45.6 Å². The number of benzene rings is 1. The number of aliphatic hydroxyl groups is 1. The van der Waals surface area contributed by atoms with Gasteiger partial charge in [0.1, 0.15) is 5.75 Å². The number of ether oxygens (including phenoxy) is 1. The van der Waals surface area contributed by atoms with Crippen molar-refractivity contribution in [2.75, 3.05) is 19.8 Å². The third-order valence-corrected chi connectivity index (χ3v) is 3.68. The first-order valence-corrected chi connectivity index (χ1v) is 7.71. The Bertz CT molecular complexity index is 364. The summed E-state index contributed by atoms with van der Waals surface area (Å²) in [6.07, 6.45) is 4.09. The van der Waals surface area contributed by atoms with E-state index in [1.165, 1.54) is 5.56 Å². The summed E-state index contributed by atoms with van der Waals surface area (Å²) < 4.78 is 5.73. The molecule has 0 saturated heterocycles. The summed E-state index contributed by atoms with van der Waals surface area (Å²) in [6, 6.07) is 8.30. The molecule has 0 aliphatic carbocycles. The minimum absolute atomic E-state index is 0.155. The van der Waals surface area contributed by atoms with Gasteiger partial charge in [0.25, 0.3) is 0 Å². The van der Waals surface area contributed by atoms with Crippen LogP contribution in [0.25, 0.3) is 0 Å². The fourth-order valence-electron chi connectivity index (χ4n) is 2.28. The summed E-state index contributed by atoms with van der Waals surface area (Å²) in [7, 11) is 0. The zero-order valence-corrected chi connectivity index (χ0v) is 13.1. The van der Waals surface area contributed by atoms with E-state index < -0.39 is 0 Å². The highest BCUT2D eigenvalue weighted by atomic mass is 16.5. The van der Waals surface area contributed by atoms with Crippen LogP contribution < -0.4 is 10.1 Å². The minimum Gasteiger partial charge on any atom is -0.494 e. The van der Waals surface area contributed by atoms with Crippen molar-refractivity contribution in [2.45, 2.75) is 52.0 Å². The fourth-order valence-corrected chi connectivity index (χ4v) is 2.28. The lowest BCUT2D eigenvalue weighted by Gasteiger charge is -2.28. The Labute approximate surface area is 123 Å². The van der Waals surface area contributed by atoms with E-state index in [1.807, 2.05) is 12.1 Å². The SMILES string of the molecule is CCNC(C)(CO)CCCCOc1ccc(CC)cc1. The number of hydrogen-bond acceptors (Lipinski definition) is 3. The van der Waals surface area contributed by atoms with Gasteiger partial charge in [0.05, 0.1) is 13.2 Å². The maximum atomic E-state index is 9.41. The Kier molecular flexibility index (Phi) is 7.63. The average molecular weight is 279 g/mol. The lowest BCUT2D eigenvalue weighted by atomic mass is 9.96. The molecule has 114 valence electrons. The molecule has 1 rings (SSSR count). The van der Waals surface area contributed by atoms with Crippen LogP contribution in [0.4, 0.5) is 0 Å². The first-order valence-electron chi connectivity index (χ1n) is 7.71. The van der Waals surface area contributed by atoms with Crippen molar-refractivity contribution in [3.05, 3.63) is 29.8 Å². The first kappa shape index (κ1) is 17.0. The van der Waals surface area contributed by atoms with Crippen molar-refractivity contribution in [3.8, 4) is 5.75 Å². The van der Waals surface area contributed by atoms with Gasteiger partial charge < -0.3 is 15.2 Å². The second kappa shape index (κ2) is 8.98. The minimum atomic E-state index is -0.155. The van der Waals surface area contributed by atoms with Crippen LogP contribution in [0.5, 0.6) is 5.75 Å². The molecule has 0 amide bonds. The summed E-state index contributed by atoms with van der Waals surface area (Å²) in [5.74, 6) is 0.943. The number of unbranched alkanes of at least 4 members (excludes halogenated alkanes) is 1. The summed E-state index contributed by atoms with van der Waals surface area (Å²) in [5, 5.41) is 12.7. The molecule has 1 atom stereocenters. The predicted molar refractivity (Wildman–Crippen MR) is 84.3 cm³/mol. The van der Waals surface area contributed by atoms with Crippen molar-refractivity contribution < 1.29 is 9.84 Å². The number of aryl methyl sites for hydroxylation is 1. The molecular formula is C17H29NO2. The smallest absolute Gasteiger partial charge is 0.119 e. The highest BCUT2D eigenvalue weighted by molar-refractivity contribution is 5.27. The summed E-state index contributed by atoms with van der Waals surface area (Å²) in [5.41, 5.74) is 1.18. The Morgan fingerprint density at radius 1 is 1.15 bits per heavy atom. The fraction of sp³-hybridized carbons (Fsp3) is 0.647. The number of rotatable bonds is 10. The van der Waals surface area contributed by atoms with Crippen molar-refractivity contribution in [3.63, 3.8) is 0 Å². The molecule has 0 aliphatic rings. The first-order chi connectivity index (χ1) is 9.63. The standard InChI is InChI=1S/C17H29NO2/c1-4-15-8-10-16(11-9-15)20-13-7-6-12-17(3,14-19)18-5-2/h8-11,18-19H,4-7,12-14H2,1-3H3. The molecule has 0 aromatic heterocycles. The van der Waals surface area contributed by atoms with Gasteiger partial charge in [-0.1, -0.05) is 26.0 Å². The Morgan fingerprint density at radius 2 is 1.85 bits per heavy atom. The molecule has 20 heavy (non-hydrogen) atoms. The molecule has 1 aromatic rings. The highest BCUT2D eigenvalue weighted by Crippen LogP contribution is 2.15. The van der Waals surface area contributed by atoms with Gasteiger partial charge in [-0.25, -0.2) is 0 Å². The highest BCUT2D eigenvalue weighted by Gasteiger charge is 2.20. The van der Waals surface area contributed by atoms with E-state index in [0.717, 1.165) is 44.6 Å². The molecule has 0 aliphatic heterocycles. The van der Waals surface area contributed by atoms with E-state index in [1.54, 1.807) is 0 Å². The molecule has 0 saturated carbocycles. The number of likely N-dealkylation sites (N-methyl/N-ethyl adjacent to an activating group) is 1. The number of hydrogen-bond donors (Lipinski definition) is 2. The monoisotopic (exact) mass is 279 g/mol. The topological polar surface area (TPSA) is 41.5 Å². The third-order valence-electron chi connectivity index (χ3n) is 3.68. The molecule has 3 heteroatoms. The van der Waals surface area contributed by atoms with Gasteiger partial charge in [0, 0.05) is 5.54 Å². The maximum Gasteiger partial charge on any atom is 0.119 e. The van der Waals surface area contributed by atoms with E-state index in [4.69, 9.17) is 4.74 Å². The quantitative estimate of drug-likeness (QED) is 0.646. The van der Waals surface area contributed by atoms with Gasteiger partial charge in [-0.3, -0.25) is 0 Å². The zero-order chi connectivity index (χ0) is 14.8. The molecule has 0 bridgehead atoms. The number of nitrogens with one attached hydrogen (secondary N) is 1. The maximum absolute atomic E-state index is 9.41. The van der Waals surface area contributed by atoms with Crippen molar-refractivity contribution in [1.29, 1.82) is 0 Å². The van der Waals surface area contributed by atoms with E-state index in [0.29, 0.717) is 0 Å². The Morgan fingerprint density at radius 3 is 2.40 bits per heavy atom. The normalized spacial score (nSPS) is 14.0. The molecule has 0 radical (unpaired) electrons. The molecule has 3 nitrogen and oxygen atoms in total. The molecule has 0 fully saturated rings. The summed E-state index contributed by atoms with van der Waals surface area (Å²) >= 11 is 0. The van der Waals surface area contributed by atoms with Crippen LogP contribution in [0, 0.1) is 0 Å². The molecular weight excluding hydrogens is 250 g/mol. The second-order valence-corrected chi connectivity index (χ2v) is 5.55. The van der Waals surface area contributed by atoms with Crippen molar-refractivity contribution in [2.24, 2.45) is 0 Å². The van der Waals surface area contributed by atoms with Crippen molar-refractivity contribution >= 4 is 0 Å². The van der Waals surface area contributed by atoms with Crippen molar-refractivity contribution in [1.82, 2.24) is 5.32 Å². The van der Waals surface area contributed by atoms with Crippen LogP contribution in [-0.4, -0.2) is 30.4 Å². The molecule has 0 heterocycles. The second-order valence-electron chi connectivity index (χ2n) is 5.55. The van der Waals surface area contributed by atoms with E-state index >= 15 is 0 Å². The van der Waals surface area contributed by atoms with Crippen LogP contribution in [0.2, 0.25) is 0 Å². The van der Waals surface area contributed by atoms with Crippen LogP contribution >= 0.6 is 0 Å². The molecule has 2 N–H and O–H groups in total. The third kappa shape index (κ3) is 5.93. The summed E-state index contributed by atoms with van der Waals surface area (Å²) in [6.45, 7) is 8.09. The number of aliphatic hydroxyl groups excluding tert-OH is 1. The van der Waals surface area contributed by atoms with Crippen LogP contribution in [0.3, 0.4) is 0 Å². The molecule has 1 unspecified atom stereocenters. The van der Waals surface area contributed by atoms with Gasteiger partial charge in [0.15, 0.2) is 0 Å². The Balaban J connectivity index is 2.21. The van der Waals surface area contributed by atoms with Gasteiger partial charge in [-0.2, -0.15) is 0 Å². The average Bonchev–Trinajstić information content (AvgIpc) is 2.48. The molecule has 1 aromatic carbocycles. The van der Waals surface area contributed by atoms with Gasteiger partial charge in [-0.05, 0) is 56.8 Å². The largest absolute Gasteiger partial charge is 0.494 e. The molecule has 0 spiro atoms. The Hall–Kier alpha value is -1.06. The predicted octanol–water partition coefficient (Wildman–Crippen LogP) is 3.16. The van der Waals surface area contributed by atoms with E-state index in [2.05, 4.69) is 38.2 Å². The lowest BCUT2D eigenvalue weighted by molar-refractivity contribution is 0.162. The van der Waals surface area contributed by atoms with Gasteiger partial charge in [0.2, 0.25) is 0 Å². The van der Waals surface area contributed by atoms with E-state index in [-0.39, 0.29) is 12.1 Å². The van der Waals surface area contributed by atoms with Crippen LogP contribution in [0.15, 0.2) is 24.3 Å². The zero-order valence-electron chi connectivity index (χ0n) is 13.1.